The molecule has 1 atom stereocenters. The number of carbonyl (C=O) groups is 1. The number of hydrogen-bond acceptors (Lipinski definition) is 8. The number of hydrogen-bond donors (Lipinski definition) is 3. The van der Waals surface area contributed by atoms with Gasteiger partial charge in [0, 0.05) is 37.1 Å². The molecular weight excluding hydrogens is 424 g/mol. The van der Waals surface area contributed by atoms with Gasteiger partial charge in [-0.2, -0.15) is 10.1 Å². The largest absolute Gasteiger partial charge is 0.495 e. The van der Waals surface area contributed by atoms with Crippen LogP contribution in [0.15, 0.2) is 36.8 Å². The second-order valence-electron chi connectivity index (χ2n) is 7.82. The molecule has 11 nitrogen and oxygen atoms in total. The molecule has 2 amide bonds. The summed E-state index contributed by atoms with van der Waals surface area (Å²) in [6.07, 6.45) is 5.46. The first-order valence-corrected chi connectivity index (χ1v) is 10.7. The zero-order valence-electron chi connectivity index (χ0n) is 19.4. The molecule has 172 valence electrons. The van der Waals surface area contributed by atoms with Crippen molar-refractivity contribution >= 4 is 29.2 Å². The van der Waals surface area contributed by atoms with Gasteiger partial charge in [0.15, 0.2) is 0 Å². The zero-order chi connectivity index (χ0) is 23.9. The number of anilines is 4. The van der Waals surface area contributed by atoms with E-state index < -0.39 is 6.02 Å². The van der Waals surface area contributed by atoms with Crippen molar-refractivity contribution in [1.82, 2.24) is 24.6 Å². The van der Waals surface area contributed by atoms with E-state index in [-0.39, 0.29) is 19.2 Å². The number of urea groups is 1. The third-order valence-electron chi connectivity index (χ3n) is 5.77. The van der Waals surface area contributed by atoms with E-state index in [2.05, 4.69) is 25.7 Å². The zero-order valence-corrected chi connectivity index (χ0v) is 18.4. The minimum Gasteiger partial charge on any atom is -0.495 e. The van der Waals surface area contributed by atoms with Crippen LogP contribution in [0.2, 0.25) is 0 Å². The molecule has 3 N–H and O–H groups in total. The minimum absolute atomic E-state index is 0.00925. The predicted molar refractivity (Wildman–Crippen MR) is 123 cm³/mol. The fourth-order valence-electron chi connectivity index (χ4n) is 4.21. The van der Waals surface area contributed by atoms with Crippen LogP contribution in [0.5, 0.6) is 5.75 Å². The monoisotopic (exact) mass is 451 g/mol. The van der Waals surface area contributed by atoms with E-state index in [1.165, 1.54) is 4.90 Å². The van der Waals surface area contributed by atoms with Gasteiger partial charge in [-0.05, 0) is 12.5 Å². The van der Waals surface area contributed by atoms with Crippen molar-refractivity contribution in [2.45, 2.75) is 25.5 Å². The van der Waals surface area contributed by atoms with Crippen LogP contribution < -0.4 is 20.3 Å². The molecule has 0 saturated heterocycles. The number of aliphatic hydroxyl groups is 1. The Bertz CT molecular complexity index is 1230. The van der Waals surface area contributed by atoms with Gasteiger partial charge in [0.1, 0.15) is 11.6 Å². The predicted octanol–water partition coefficient (Wildman–Crippen LogP) is 2.35. The summed E-state index contributed by atoms with van der Waals surface area (Å²) in [7, 11) is 3.24. The van der Waals surface area contributed by atoms with E-state index in [9.17, 15) is 6.17 Å². The average Bonchev–Trinajstić information content (AvgIpc) is 3.28. The number of benzene rings is 1. The smallest absolute Gasteiger partial charge is 0.326 e. The second kappa shape index (κ2) is 8.58. The van der Waals surface area contributed by atoms with Gasteiger partial charge in [-0.1, -0.05) is 12.1 Å². The van der Waals surface area contributed by atoms with E-state index in [0.717, 1.165) is 11.3 Å². The molecule has 0 radical (unpaired) electrons. The molecule has 2 aliphatic heterocycles. The van der Waals surface area contributed by atoms with Gasteiger partial charge in [-0.25, -0.2) is 9.78 Å². The van der Waals surface area contributed by atoms with E-state index in [4.69, 9.17) is 9.84 Å². The number of nitrogens with one attached hydrogen (secondary N) is 2. The lowest BCUT2D eigenvalue weighted by Crippen LogP contribution is -2.48. The van der Waals surface area contributed by atoms with E-state index in [1.807, 2.05) is 18.2 Å². The number of rotatable bonds is 6. The molecule has 0 saturated carbocycles. The summed E-state index contributed by atoms with van der Waals surface area (Å²) in [4.78, 5) is 25.4. The van der Waals surface area contributed by atoms with Gasteiger partial charge < -0.3 is 25.4 Å². The Labute approximate surface area is 192 Å². The van der Waals surface area contributed by atoms with Crippen LogP contribution >= 0.6 is 0 Å². The summed E-state index contributed by atoms with van der Waals surface area (Å²) < 4.78 is 16.4. The Kier molecular flexibility index (Phi) is 5.15. The lowest BCUT2D eigenvalue weighted by molar-refractivity contribution is 0.169. The number of aromatic nitrogens is 4. The highest BCUT2D eigenvalue weighted by atomic mass is 16.5. The Morgan fingerprint density at radius 2 is 2.27 bits per heavy atom. The van der Waals surface area contributed by atoms with Crippen molar-refractivity contribution in [2.75, 3.05) is 42.8 Å². The first-order valence-electron chi connectivity index (χ1n) is 11.2. The summed E-state index contributed by atoms with van der Waals surface area (Å²) in [5.74, 6) is 1.46. The number of amides is 2. The van der Waals surface area contributed by atoms with E-state index in [1.54, 1.807) is 42.3 Å². The Balaban J connectivity index is 1.44. The van der Waals surface area contributed by atoms with Gasteiger partial charge in [0.2, 0.25) is 5.95 Å². The quantitative estimate of drug-likeness (QED) is 0.522. The molecule has 0 aliphatic carbocycles. The second-order valence-corrected chi connectivity index (χ2v) is 7.82. The number of ether oxygens (including phenoxy) is 1. The molecule has 4 heterocycles. The van der Waals surface area contributed by atoms with Gasteiger partial charge in [-0.3, -0.25) is 9.58 Å². The van der Waals surface area contributed by atoms with Gasteiger partial charge in [-0.15, -0.1) is 0 Å². The van der Waals surface area contributed by atoms with Crippen molar-refractivity contribution in [3.8, 4) is 5.75 Å². The maximum absolute atomic E-state index is 13.5. The maximum atomic E-state index is 13.5. The molecular formula is C22H26N8O3. The molecule has 1 aromatic carbocycles. The van der Waals surface area contributed by atoms with Crippen molar-refractivity contribution in [1.29, 1.82) is 0 Å². The minimum atomic E-state index is -1.27. The lowest BCUT2D eigenvalue weighted by Gasteiger charge is -2.41. The van der Waals surface area contributed by atoms with E-state index in [0.29, 0.717) is 48.3 Å². The molecule has 5 rings (SSSR count). The van der Waals surface area contributed by atoms with Crippen LogP contribution in [-0.4, -0.2) is 63.1 Å². The SMILES string of the molecule is [2H]C1(N2Cc3cnc(Nc4cnn(CCO)c4)nc3N(C)C2=O)CCNc2c(OC)cccc21. The Hall–Kier alpha value is -3.86. The first kappa shape index (κ1) is 19.8. The first-order chi connectivity index (χ1) is 16.4. The van der Waals surface area contributed by atoms with Crippen molar-refractivity contribution in [3.63, 3.8) is 0 Å². The maximum Gasteiger partial charge on any atom is 0.326 e. The Morgan fingerprint density at radius 3 is 3.09 bits per heavy atom. The van der Waals surface area contributed by atoms with Crippen LogP contribution in [0.25, 0.3) is 0 Å². The molecule has 1 unspecified atom stereocenters. The number of para-hydroxylation sites is 1. The molecule has 0 bridgehead atoms. The normalized spacial score (nSPS) is 20.0. The molecule has 2 aliphatic rings. The average molecular weight is 452 g/mol. The highest BCUT2D eigenvalue weighted by molar-refractivity contribution is 5.93. The molecule has 2 aromatic heterocycles. The molecule has 0 spiro atoms. The highest BCUT2D eigenvalue weighted by Crippen LogP contribution is 2.42. The molecule has 33 heavy (non-hydrogen) atoms. The number of methoxy groups -OCH3 is 1. The summed E-state index contributed by atoms with van der Waals surface area (Å²) in [5, 5.41) is 19.6. The van der Waals surface area contributed by atoms with E-state index >= 15 is 0 Å². The molecule has 11 heteroatoms. The Morgan fingerprint density at radius 1 is 1.39 bits per heavy atom. The third kappa shape index (κ3) is 3.80. The van der Waals surface area contributed by atoms with Crippen LogP contribution in [-0.2, 0) is 13.1 Å². The van der Waals surface area contributed by atoms with Crippen molar-refractivity contribution in [2.24, 2.45) is 0 Å². The van der Waals surface area contributed by atoms with Crippen molar-refractivity contribution in [3.05, 3.63) is 47.9 Å². The number of fused-ring (bicyclic) bond motifs is 2. The van der Waals surface area contributed by atoms with Crippen molar-refractivity contribution < 1.29 is 16.0 Å². The summed E-state index contributed by atoms with van der Waals surface area (Å²) >= 11 is 0. The topological polar surface area (TPSA) is 121 Å². The van der Waals surface area contributed by atoms with Crippen LogP contribution in [0.3, 0.4) is 0 Å². The summed E-state index contributed by atoms with van der Waals surface area (Å²) in [6.45, 7) is 1.14. The number of nitrogens with zero attached hydrogens (tertiary/aromatic N) is 6. The summed E-state index contributed by atoms with van der Waals surface area (Å²) in [5.41, 5.74) is 2.86. The van der Waals surface area contributed by atoms with Crippen LogP contribution in [0, 0.1) is 0 Å². The lowest BCUT2D eigenvalue weighted by atomic mass is 9.95. The third-order valence-corrected chi connectivity index (χ3v) is 5.77. The van der Waals surface area contributed by atoms with Gasteiger partial charge >= 0.3 is 6.03 Å². The highest BCUT2D eigenvalue weighted by Gasteiger charge is 2.37. The fourth-order valence-corrected chi connectivity index (χ4v) is 4.21. The fraction of sp³-hybridized carbons (Fsp3) is 0.364. The van der Waals surface area contributed by atoms with Crippen LogP contribution in [0.1, 0.15) is 24.9 Å². The molecule has 3 aromatic rings. The van der Waals surface area contributed by atoms with Crippen LogP contribution in [0.4, 0.5) is 27.9 Å². The summed E-state index contributed by atoms with van der Waals surface area (Å²) in [6, 6.07) is 3.96. The number of aliphatic hydroxyl groups excluding tert-OH is 1. The van der Waals surface area contributed by atoms with Gasteiger partial charge in [0.05, 0.1) is 51.8 Å². The standard InChI is InChI=1S/C22H26N8O3/c1-28-20-14(10-24-21(27-20)26-15-11-25-29(13-15)8-9-31)12-30(22(28)32)17-6-7-23-19-16(17)4-3-5-18(19)33-2/h3-5,10-11,13,17,23,31H,6-9,12H2,1-2H3,(H,24,26,27)/i17D. The van der Waals surface area contributed by atoms with Gasteiger partial charge in [0.25, 0.3) is 0 Å². The molecule has 0 fully saturated rings. The number of carbonyl (C=O) groups excluding carboxylic acids is 1.